The van der Waals surface area contributed by atoms with Crippen LogP contribution < -0.4 is 10.1 Å². The van der Waals surface area contributed by atoms with E-state index in [9.17, 15) is 14.7 Å². The quantitative estimate of drug-likeness (QED) is 0.547. The van der Waals surface area contributed by atoms with Gasteiger partial charge in [-0.3, -0.25) is 9.59 Å². The summed E-state index contributed by atoms with van der Waals surface area (Å²) in [5.41, 5.74) is 3.34. The molecule has 0 radical (unpaired) electrons. The Kier molecular flexibility index (Phi) is 7.02. The fourth-order valence-corrected chi connectivity index (χ4v) is 4.19. The van der Waals surface area contributed by atoms with Crippen molar-refractivity contribution in [1.82, 2.24) is 20.3 Å². The number of carboxylic acids is 1. The molecule has 1 aliphatic rings. The first kappa shape index (κ1) is 22.5. The Bertz CT molecular complexity index is 1100. The van der Waals surface area contributed by atoms with Gasteiger partial charge in [0.2, 0.25) is 5.91 Å². The van der Waals surface area contributed by atoms with E-state index in [1.807, 2.05) is 54.6 Å². The van der Waals surface area contributed by atoms with Crippen LogP contribution in [-0.4, -0.2) is 38.1 Å². The van der Waals surface area contributed by atoms with Crippen LogP contribution in [0.1, 0.15) is 36.9 Å². The monoisotopic (exact) mass is 448 g/mol. The lowest BCUT2D eigenvalue weighted by atomic mass is 9.87. The van der Waals surface area contributed by atoms with E-state index in [0.29, 0.717) is 37.3 Å². The summed E-state index contributed by atoms with van der Waals surface area (Å²) >= 11 is 0. The first-order chi connectivity index (χ1) is 16.0. The molecule has 4 rings (SSSR count). The van der Waals surface area contributed by atoms with E-state index in [1.165, 1.54) is 0 Å². The zero-order valence-electron chi connectivity index (χ0n) is 18.6. The van der Waals surface area contributed by atoms with E-state index in [1.54, 1.807) is 11.7 Å². The molecule has 1 aliphatic carbocycles. The Labute approximate surface area is 192 Å². The Morgan fingerprint density at radius 3 is 2.61 bits per heavy atom. The second kappa shape index (κ2) is 10.3. The normalized spacial score (nSPS) is 18.0. The van der Waals surface area contributed by atoms with Crippen molar-refractivity contribution in [2.45, 2.75) is 44.8 Å². The van der Waals surface area contributed by atoms with Crippen molar-refractivity contribution in [2.24, 2.45) is 13.0 Å². The number of nitrogens with one attached hydrogen (secondary N) is 1. The second-order valence-electron chi connectivity index (χ2n) is 8.41. The van der Waals surface area contributed by atoms with Gasteiger partial charge in [0, 0.05) is 12.6 Å². The third kappa shape index (κ3) is 5.77. The van der Waals surface area contributed by atoms with Crippen molar-refractivity contribution < 1.29 is 19.4 Å². The van der Waals surface area contributed by atoms with Gasteiger partial charge in [0.25, 0.3) is 0 Å². The third-order valence-corrected chi connectivity index (χ3v) is 6.01. The molecule has 2 aromatic carbocycles. The summed E-state index contributed by atoms with van der Waals surface area (Å²) in [5.74, 6) is -0.437. The SMILES string of the molecule is Cn1nnc(-c2ccc(O[C@H]3CCC[C@H](C(=O)O)C3)cc2)c1CNC(=O)Cc1ccccc1. The number of hydrogen-bond donors (Lipinski definition) is 2. The van der Waals surface area contributed by atoms with E-state index >= 15 is 0 Å². The molecular formula is C25H28N4O4. The summed E-state index contributed by atoms with van der Waals surface area (Å²) in [4.78, 5) is 23.6. The molecule has 8 nitrogen and oxygen atoms in total. The van der Waals surface area contributed by atoms with E-state index < -0.39 is 5.97 Å². The molecule has 2 atom stereocenters. The zero-order valence-corrected chi connectivity index (χ0v) is 18.6. The second-order valence-corrected chi connectivity index (χ2v) is 8.41. The molecule has 0 saturated heterocycles. The average Bonchev–Trinajstić information content (AvgIpc) is 3.19. The van der Waals surface area contributed by atoms with Gasteiger partial charge in [0.15, 0.2) is 0 Å². The number of amides is 1. The predicted octanol–water partition coefficient (Wildman–Crippen LogP) is 3.36. The topological polar surface area (TPSA) is 106 Å². The number of aliphatic carboxylic acids is 1. The van der Waals surface area contributed by atoms with Crippen LogP contribution >= 0.6 is 0 Å². The lowest BCUT2D eigenvalue weighted by molar-refractivity contribution is -0.143. The minimum Gasteiger partial charge on any atom is -0.490 e. The number of carbonyl (C=O) groups excluding carboxylic acids is 1. The van der Waals surface area contributed by atoms with Crippen molar-refractivity contribution in [3.8, 4) is 17.0 Å². The fraction of sp³-hybridized carbons (Fsp3) is 0.360. The Morgan fingerprint density at radius 2 is 1.88 bits per heavy atom. The highest BCUT2D eigenvalue weighted by molar-refractivity contribution is 5.78. The summed E-state index contributed by atoms with van der Waals surface area (Å²) in [6.07, 6.45) is 3.20. The molecule has 1 amide bonds. The van der Waals surface area contributed by atoms with Gasteiger partial charge in [-0.1, -0.05) is 35.5 Å². The van der Waals surface area contributed by atoms with Crippen LogP contribution in [0.25, 0.3) is 11.3 Å². The maximum Gasteiger partial charge on any atom is 0.306 e. The molecule has 0 aliphatic heterocycles. The van der Waals surface area contributed by atoms with Gasteiger partial charge in [-0.05, 0) is 55.5 Å². The number of nitrogens with zero attached hydrogens (tertiary/aromatic N) is 3. The molecule has 8 heteroatoms. The number of benzene rings is 2. The first-order valence-corrected chi connectivity index (χ1v) is 11.2. The maximum atomic E-state index is 12.4. The van der Waals surface area contributed by atoms with Crippen LogP contribution in [0, 0.1) is 5.92 Å². The molecular weight excluding hydrogens is 420 g/mol. The van der Waals surface area contributed by atoms with E-state index in [2.05, 4.69) is 15.6 Å². The van der Waals surface area contributed by atoms with Gasteiger partial charge in [0.1, 0.15) is 11.4 Å². The summed E-state index contributed by atoms with van der Waals surface area (Å²) in [7, 11) is 1.80. The van der Waals surface area contributed by atoms with Crippen molar-refractivity contribution in [3.05, 3.63) is 65.9 Å². The van der Waals surface area contributed by atoms with Crippen molar-refractivity contribution in [3.63, 3.8) is 0 Å². The van der Waals surface area contributed by atoms with Crippen LogP contribution in [0.3, 0.4) is 0 Å². The fourth-order valence-electron chi connectivity index (χ4n) is 4.19. The lowest BCUT2D eigenvalue weighted by Crippen LogP contribution is -2.29. The van der Waals surface area contributed by atoms with Crippen molar-refractivity contribution in [2.75, 3.05) is 0 Å². The number of aryl methyl sites for hydroxylation is 1. The summed E-state index contributed by atoms with van der Waals surface area (Å²) in [6, 6.07) is 17.2. The van der Waals surface area contributed by atoms with Gasteiger partial charge < -0.3 is 15.2 Å². The molecule has 1 aromatic heterocycles. The van der Waals surface area contributed by atoms with Crippen LogP contribution in [0.2, 0.25) is 0 Å². The highest BCUT2D eigenvalue weighted by Crippen LogP contribution is 2.29. The molecule has 0 unspecified atom stereocenters. The molecule has 1 fully saturated rings. The number of rotatable bonds is 8. The van der Waals surface area contributed by atoms with Crippen LogP contribution in [0.4, 0.5) is 0 Å². The highest BCUT2D eigenvalue weighted by Gasteiger charge is 2.28. The highest BCUT2D eigenvalue weighted by atomic mass is 16.5. The van der Waals surface area contributed by atoms with Gasteiger partial charge in [-0.25, -0.2) is 4.68 Å². The number of ether oxygens (including phenoxy) is 1. The number of carboxylic acid groups (broad SMARTS) is 1. The van der Waals surface area contributed by atoms with Crippen LogP contribution in [0.5, 0.6) is 5.75 Å². The number of aromatic nitrogens is 3. The summed E-state index contributed by atoms with van der Waals surface area (Å²) < 4.78 is 7.70. The Morgan fingerprint density at radius 1 is 1.12 bits per heavy atom. The molecule has 1 heterocycles. The molecule has 33 heavy (non-hydrogen) atoms. The van der Waals surface area contributed by atoms with Gasteiger partial charge in [0.05, 0.1) is 30.7 Å². The van der Waals surface area contributed by atoms with Crippen molar-refractivity contribution in [1.29, 1.82) is 0 Å². The standard InChI is InChI=1S/C25H28N4O4/c1-29-22(16-26-23(30)14-17-6-3-2-4-7-17)24(27-28-29)18-10-12-20(13-11-18)33-21-9-5-8-19(15-21)25(31)32/h2-4,6-7,10-13,19,21H,5,8-9,14-16H2,1H3,(H,26,30)(H,31,32)/t19-,21-/m0/s1. The van der Waals surface area contributed by atoms with Crippen molar-refractivity contribution >= 4 is 11.9 Å². The molecule has 0 spiro atoms. The molecule has 3 aromatic rings. The largest absolute Gasteiger partial charge is 0.490 e. The van der Waals surface area contributed by atoms with Crippen LogP contribution in [0.15, 0.2) is 54.6 Å². The summed E-state index contributed by atoms with van der Waals surface area (Å²) in [5, 5.41) is 20.6. The number of carbonyl (C=O) groups is 2. The average molecular weight is 449 g/mol. The zero-order chi connectivity index (χ0) is 23.2. The molecule has 2 N–H and O–H groups in total. The maximum absolute atomic E-state index is 12.4. The Balaban J connectivity index is 1.38. The summed E-state index contributed by atoms with van der Waals surface area (Å²) in [6.45, 7) is 0.321. The first-order valence-electron chi connectivity index (χ1n) is 11.2. The molecule has 1 saturated carbocycles. The molecule has 172 valence electrons. The minimum absolute atomic E-state index is 0.0655. The molecule has 0 bridgehead atoms. The van der Waals surface area contributed by atoms with Crippen LogP contribution in [-0.2, 0) is 29.6 Å². The lowest BCUT2D eigenvalue weighted by Gasteiger charge is -2.27. The minimum atomic E-state index is -0.746. The smallest absolute Gasteiger partial charge is 0.306 e. The number of hydrogen-bond acceptors (Lipinski definition) is 5. The van der Waals surface area contributed by atoms with E-state index in [0.717, 1.165) is 29.7 Å². The van der Waals surface area contributed by atoms with E-state index in [4.69, 9.17) is 4.74 Å². The Hall–Kier alpha value is -3.68. The van der Waals surface area contributed by atoms with Gasteiger partial charge in [-0.2, -0.15) is 0 Å². The van der Waals surface area contributed by atoms with E-state index in [-0.39, 0.29) is 17.9 Å². The third-order valence-electron chi connectivity index (χ3n) is 6.01. The predicted molar refractivity (Wildman–Crippen MR) is 122 cm³/mol. The van der Waals surface area contributed by atoms with Gasteiger partial charge in [-0.15, -0.1) is 5.10 Å². The van der Waals surface area contributed by atoms with Gasteiger partial charge >= 0.3 is 5.97 Å².